The normalized spacial score (nSPS) is 10.5. The highest BCUT2D eigenvalue weighted by molar-refractivity contribution is 5.27. The van der Waals surface area contributed by atoms with Gasteiger partial charge in [-0.25, -0.2) is 0 Å². The standard InChI is InChI=1S/C3H2N6O2/c10-9(11)3-5-2-6-4-1-8(2)7-3/h1H,(H,5,6,7). The molecular formula is C3H2N6O2. The van der Waals surface area contributed by atoms with Crippen molar-refractivity contribution in [2.45, 2.75) is 0 Å². The van der Waals surface area contributed by atoms with Crippen LogP contribution in [0.3, 0.4) is 0 Å². The maximum absolute atomic E-state index is 10.1. The van der Waals surface area contributed by atoms with E-state index in [1.165, 1.54) is 10.8 Å². The van der Waals surface area contributed by atoms with Crippen LogP contribution in [0.4, 0.5) is 5.95 Å². The number of nitro groups is 1. The molecule has 11 heavy (non-hydrogen) atoms. The molecule has 0 amide bonds. The molecule has 2 aromatic heterocycles. The Bertz CT molecular complexity index is 372. The van der Waals surface area contributed by atoms with Crippen LogP contribution in [-0.2, 0) is 0 Å². The van der Waals surface area contributed by atoms with E-state index in [-0.39, 0.29) is 11.7 Å². The maximum Gasteiger partial charge on any atom is 0.454 e. The van der Waals surface area contributed by atoms with Crippen molar-refractivity contribution in [3.8, 4) is 0 Å². The lowest BCUT2D eigenvalue weighted by Gasteiger charge is -1.83. The first kappa shape index (κ1) is 5.77. The monoisotopic (exact) mass is 154 g/mol. The third kappa shape index (κ3) is 0.723. The minimum absolute atomic E-state index is 0.191. The molecule has 0 spiro atoms. The van der Waals surface area contributed by atoms with Crippen molar-refractivity contribution in [1.82, 2.24) is 24.8 Å². The Morgan fingerprint density at radius 3 is 3.18 bits per heavy atom. The maximum atomic E-state index is 10.1. The average molecular weight is 154 g/mol. The van der Waals surface area contributed by atoms with Gasteiger partial charge in [0, 0.05) is 0 Å². The molecule has 0 unspecified atom stereocenters. The lowest BCUT2D eigenvalue weighted by Crippen LogP contribution is -1.90. The number of hydrogen-bond acceptors (Lipinski definition) is 5. The first-order valence-corrected chi connectivity index (χ1v) is 2.67. The first-order chi connectivity index (χ1) is 5.27. The van der Waals surface area contributed by atoms with E-state index in [0.717, 1.165) is 0 Å². The van der Waals surface area contributed by atoms with Crippen LogP contribution in [0.25, 0.3) is 5.78 Å². The molecule has 2 rings (SSSR count). The smallest absolute Gasteiger partial charge is 0.390 e. The van der Waals surface area contributed by atoms with Gasteiger partial charge in [0.15, 0.2) is 6.33 Å². The second-order valence-electron chi connectivity index (χ2n) is 1.81. The van der Waals surface area contributed by atoms with Gasteiger partial charge in [-0.1, -0.05) is 5.10 Å². The summed E-state index contributed by atoms with van der Waals surface area (Å²) in [5, 5.41) is 19.4. The molecule has 0 saturated carbocycles. The minimum atomic E-state index is -0.630. The van der Waals surface area contributed by atoms with Crippen LogP contribution in [0.15, 0.2) is 6.33 Å². The topological polar surface area (TPSA) is 102 Å². The molecule has 0 atom stereocenters. The van der Waals surface area contributed by atoms with Crippen molar-refractivity contribution in [3.63, 3.8) is 0 Å². The fourth-order valence-electron chi connectivity index (χ4n) is 0.693. The largest absolute Gasteiger partial charge is 0.454 e. The van der Waals surface area contributed by atoms with Gasteiger partial charge in [0.05, 0.1) is 0 Å². The molecule has 8 heteroatoms. The van der Waals surface area contributed by atoms with E-state index < -0.39 is 4.92 Å². The summed E-state index contributed by atoms with van der Waals surface area (Å²) >= 11 is 0. The summed E-state index contributed by atoms with van der Waals surface area (Å²) in [4.78, 5) is 13.0. The van der Waals surface area contributed by atoms with E-state index in [4.69, 9.17) is 0 Å². The van der Waals surface area contributed by atoms with Crippen LogP contribution in [0.2, 0.25) is 0 Å². The van der Waals surface area contributed by atoms with Crippen molar-refractivity contribution in [2.24, 2.45) is 0 Å². The van der Waals surface area contributed by atoms with Crippen LogP contribution < -0.4 is 0 Å². The van der Waals surface area contributed by atoms with Crippen molar-refractivity contribution in [2.75, 3.05) is 0 Å². The molecule has 0 bridgehead atoms. The number of fused-ring (bicyclic) bond motifs is 1. The highest BCUT2D eigenvalue weighted by Gasteiger charge is 2.13. The number of rotatable bonds is 1. The summed E-state index contributed by atoms with van der Waals surface area (Å²) in [5.41, 5.74) is 0. The van der Waals surface area contributed by atoms with Gasteiger partial charge in [-0.3, -0.25) is 0 Å². The third-order valence-electron chi connectivity index (χ3n) is 1.13. The predicted octanol–water partition coefficient (Wildman–Crippen LogP) is -0.639. The Hall–Kier alpha value is -1.99. The van der Waals surface area contributed by atoms with Gasteiger partial charge in [-0.15, -0.1) is 9.61 Å². The number of aromatic nitrogens is 5. The molecule has 2 heterocycles. The fourth-order valence-corrected chi connectivity index (χ4v) is 0.693. The second-order valence-corrected chi connectivity index (χ2v) is 1.81. The van der Waals surface area contributed by atoms with Gasteiger partial charge in [0.2, 0.25) is 0 Å². The van der Waals surface area contributed by atoms with Crippen molar-refractivity contribution < 1.29 is 4.92 Å². The molecule has 0 aromatic carbocycles. The highest BCUT2D eigenvalue weighted by Crippen LogP contribution is 2.02. The van der Waals surface area contributed by atoms with Crippen LogP contribution in [0.1, 0.15) is 0 Å². The molecule has 0 aliphatic rings. The molecular weight excluding hydrogens is 152 g/mol. The molecule has 0 saturated heterocycles. The van der Waals surface area contributed by atoms with E-state index in [2.05, 4.69) is 20.3 Å². The zero-order chi connectivity index (χ0) is 7.84. The highest BCUT2D eigenvalue weighted by atomic mass is 16.6. The number of hydrogen-bond donors (Lipinski definition) is 1. The molecule has 0 fully saturated rings. The summed E-state index contributed by atoms with van der Waals surface area (Å²) in [6.45, 7) is 0. The molecule has 0 aliphatic carbocycles. The number of aromatic amines is 1. The van der Waals surface area contributed by atoms with E-state index in [1.807, 2.05) is 0 Å². The fraction of sp³-hybridized carbons (Fsp3) is 0. The Morgan fingerprint density at radius 2 is 2.55 bits per heavy atom. The van der Waals surface area contributed by atoms with Gasteiger partial charge in [-0.2, -0.15) is 5.10 Å². The number of H-pyrrole nitrogens is 1. The Balaban J connectivity index is 2.67. The van der Waals surface area contributed by atoms with Gasteiger partial charge in [0.25, 0.3) is 0 Å². The van der Waals surface area contributed by atoms with Gasteiger partial charge < -0.3 is 10.1 Å². The summed E-state index contributed by atoms with van der Waals surface area (Å²) in [5.74, 6) is -0.147. The number of nitrogens with zero attached hydrogens (tertiary/aromatic N) is 5. The van der Waals surface area contributed by atoms with Crippen molar-refractivity contribution in [1.29, 1.82) is 0 Å². The van der Waals surface area contributed by atoms with E-state index in [9.17, 15) is 10.1 Å². The molecule has 0 aliphatic heterocycles. The van der Waals surface area contributed by atoms with Gasteiger partial charge in [0.1, 0.15) is 0 Å². The lowest BCUT2D eigenvalue weighted by molar-refractivity contribution is -0.394. The zero-order valence-corrected chi connectivity index (χ0v) is 5.13. The quantitative estimate of drug-likeness (QED) is 0.434. The summed E-state index contributed by atoms with van der Waals surface area (Å²) < 4.78 is 1.26. The molecule has 2 aromatic rings. The van der Waals surface area contributed by atoms with E-state index in [1.54, 1.807) is 0 Å². The van der Waals surface area contributed by atoms with Gasteiger partial charge >= 0.3 is 11.7 Å². The zero-order valence-electron chi connectivity index (χ0n) is 5.13. The van der Waals surface area contributed by atoms with Gasteiger partial charge in [-0.05, 0) is 9.91 Å². The molecule has 56 valence electrons. The summed E-state index contributed by atoms with van der Waals surface area (Å²) in [7, 11) is 0. The Labute approximate surface area is 59.0 Å². The number of nitrogens with one attached hydrogen (secondary N) is 1. The minimum Gasteiger partial charge on any atom is -0.390 e. The Kier molecular flexibility index (Phi) is 0.916. The predicted molar refractivity (Wildman–Crippen MR) is 31.8 cm³/mol. The average Bonchev–Trinajstić information content (AvgIpc) is 2.40. The van der Waals surface area contributed by atoms with Crippen molar-refractivity contribution >= 4 is 11.7 Å². The van der Waals surface area contributed by atoms with Crippen LogP contribution in [0.5, 0.6) is 0 Å². The summed E-state index contributed by atoms with van der Waals surface area (Å²) in [6, 6.07) is 0. The first-order valence-electron chi connectivity index (χ1n) is 2.67. The van der Waals surface area contributed by atoms with Crippen LogP contribution >= 0.6 is 0 Å². The SMILES string of the molecule is O=[N+]([O-])c1nc2nncn2[nH]1. The summed E-state index contributed by atoms with van der Waals surface area (Å²) in [6.07, 6.45) is 1.30. The van der Waals surface area contributed by atoms with Crippen molar-refractivity contribution in [3.05, 3.63) is 16.4 Å². The van der Waals surface area contributed by atoms with E-state index in [0.29, 0.717) is 0 Å². The molecule has 0 radical (unpaired) electrons. The third-order valence-corrected chi connectivity index (χ3v) is 1.13. The second kappa shape index (κ2) is 1.75. The van der Waals surface area contributed by atoms with E-state index >= 15 is 0 Å². The molecule has 1 N–H and O–H groups in total. The van der Waals surface area contributed by atoms with Crippen LogP contribution in [-0.4, -0.2) is 29.7 Å². The molecule has 8 nitrogen and oxygen atoms in total. The lowest BCUT2D eigenvalue weighted by atomic mass is 11.1. The Morgan fingerprint density at radius 1 is 1.73 bits per heavy atom. The van der Waals surface area contributed by atoms with Crippen LogP contribution in [0, 0.1) is 10.1 Å².